The van der Waals surface area contributed by atoms with E-state index in [1.807, 2.05) is 23.5 Å². The highest BCUT2D eigenvalue weighted by atomic mass is 32.2. The first kappa shape index (κ1) is 24.5. The largest absolute Gasteiger partial charge is 0.481 e. The van der Waals surface area contributed by atoms with Gasteiger partial charge in [-0.1, -0.05) is 97.4 Å². The summed E-state index contributed by atoms with van der Waals surface area (Å²) in [5, 5.41) is 9.44. The van der Waals surface area contributed by atoms with Crippen LogP contribution in [0.15, 0.2) is 91.0 Å². The molecule has 3 rings (SSSR count). The first-order valence-electron chi connectivity index (χ1n) is 11.2. The van der Waals surface area contributed by atoms with Crippen molar-refractivity contribution >= 4 is 29.5 Å². The summed E-state index contributed by atoms with van der Waals surface area (Å²) in [6.07, 6.45) is 6.36. The Kier molecular flexibility index (Phi) is 9.76. The van der Waals surface area contributed by atoms with Gasteiger partial charge in [0.1, 0.15) is 0 Å². The van der Waals surface area contributed by atoms with Gasteiger partial charge in [-0.3, -0.25) is 4.79 Å². The third kappa shape index (κ3) is 6.43. The minimum Gasteiger partial charge on any atom is -0.481 e. The van der Waals surface area contributed by atoms with Crippen LogP contribution in [0.5, 0.6) is 0 Å². The van der Waals surface area contributed by atoms with Crippen LogP contribution in [0.25, 0.3) is 0 Å². The first-order valence-corrected chi connectivity index (χ1v) is 13.5. The van der Waals surface area contributed by atoms with E-state index in [1.54, 1.807) is 0 Å². The second-order valence-corrected chi connectivity index (χ2v) is 10.4. The summed E-state index contributed by atoms with van der Waals surface area (Å²) in [4.78, 5) is 10.8. The van der Waals surface area contributed by atoms with Crippen molar-refractivity contribution in [3.8, 4) is 0 Å². The van der Waals surface area contributed by atoms with Gasteiger partial charge in [0.15, 0.2) is 0 Å². The first-order chi connectivity index (χ1) is 15.7. The van der Waals surface area contributed by atoms with Gasteiger partial charge in [-0.05, 0) is 48.0 Å². The van der Waals surface area contributed by atoms with E-state index < -0.39 is 5.97 Å². The second kappa shape index (κ2) is 12.8. The molecule has 1 N–H and O–H groups in total. The maximum atomic E-state index is 10.8. The number of hydrogen-bond donors (Lipinski definition) is 1. The summed E-state index contributed by atoms with van der Waals surface area (Å²) in [5.41, 5.74) is 3.89. The Labute approximate surface area is 200 Å². The Morgan fingerprint density at radius 1 is 0.781 bits per heavy atom. The quantitative estimate of drug-likeness (QED) is 0.210. The smallest absolute Gasteiger partial charge is 0.303 e. The molecule has 0 radical (unpaired) electrons. The van der Waals surface area contributed by atoms with Gasteiger partial charge in [0.05, 0.1) is 4.75 Å². The molecular weight excluding hydrogens is 432 g/mol. The molecule has 0 aliphatic heterocycles. The summed E-state index contributed by atoms with van der Waals surface area (Å²) in [6, 6.07) is 32.5. The fourth-order valence-electron chi connectivity index (χ4n) is 4.14. The molecule has 0 aliphatic rings. The van der Waals surface area contributed by atoms with Crippen molar-refractivity contribution in [2.24, 2.45) is 0 Å². The van der Waals surface area contributed by atoms with Crippen LogP contribution < -0.4 is 0 Å². The van der Waals surface area contributed by atoms with Crippen molar-refractivity contribution in [3.05, 3.63) is 108 Å². The van der Waals surface area contributed by atoms with Gasteiger partial charge in [0.25, 0.3) is 0 Å². The van der Waals surface area contributed by atoms with Gasteiger partial charge in [-0.2, -0.15) is 11.8 Å². The van der Waals surface area contributed by atoms with Crippen LogP contribution in [0.1, 0.15) is 48.8 Å². The Morgan fingerprint density at radius 2 is 1.25 bits per heavy atom. The van der Waals surface area contributed by atoms with E-state index in [0.717, 1.165) is 31.4 Å². The summed E-state index contributed by atoms with van der Waals surface area (Å²) in [7, 11) is 0. The fourth-order valence-corrected chi connectivity index (χ4v) is 6.66. The monoisotopic (exact) mass is 464 g/mol. The predicted octanol–water partition coefficient (Wildman–Crippen LogP) is 7.48. The van der Waals surface area contributed by atoms with Gasteiger partial charge < -0.3 is 5.11 Å². The van der Waals surface area contributed by atoms with Crippen LogP contribution in [0.3, 0.4) is 0 Å². The zero-order valence-corrected chi connectivity index (χ0v) is 20.3. The molecule has 0 heterocycles. The van der Waals surface area contributed by atoms with Gasteiger partial charge in [-0.15, -0.1) is 11.8 Å². The maximum Gasteiger partial charge on any atom is 0.303 e. The molecule has 1 atom stereocenters. The van der Waals surface area contributed by atoms with Gasteiger partial charge in [0.2, 0.25) is 0 Å². The Balaban J connectivity index is 1.84. The second-order valence-electron chi connectivity index (χ2n) is 7.91. The van der Waals surface area contributed by atoms with Crippen molar-refractivity contribution in [3.63, 3.8) is 0 Å². The zero-order valence-electron chi connectivity index (χ0n) is 18.7. The van der Waals surface area contributed by atoms with E-state index in [-0.39, 0.29) is 11.2 Å². The number of rotatable bonds is 13. The summed E-state index contributed by atoms with van der Waals surface area (Å²) >= 11 is 3.91. The molecule has 0 spiro atoms. The molecule has 1 unspecified atom stereocenters. The lowest BCUT2D eigenvalue weighted by atomic mass is 9.84. The predicted molar refractivity (Wildman–Crippen MR) is 140 cm³/mol. The molecule has 0 aromatic heterocycles. The van der Waals surface area contributed by atoms with E-state index in [0.29, 0.717) is 5.25 Å². The number of unbranched alkanes of at least 4 members (excludes halogenated alkanes) is 1. The number of carbonyl (C=O) groups is 1. The minimum atomic E-state index is -0.695. The van der Waals surface area contributed by atoms with E-state index in [4.69, 9.17) is 5.11 Å². The number of hydrogen-bond acceptors (Lipinski definition) is 3. The number of aliphatic carboxylic acids is 1. The van der Waals surface area contributed by atoms with Crippen LogP contribution in [0.2, 0.25) is 0 Å². The lowest BCUT2D eigenvalue weighted by Gasteiger charge is -2.36. The minimum absolute atomic E-state index is 0.268. The SMILES string of the molecule is CSC(CCCCC(=O)O)CCSC(c1ccccc1)(c1ccccc1)c1ccccc1. The Bertz CT molecular complexity index is 833. The summed E-state index contributed by atoms with van der Waals surface area (Å²) < 4.78 is -0.268. The average molecular weight is 465 g/mol. The van der Waals surface area contributed by atoms with Gasteiger partial charge in [-0.25, -0.2) is 0 Å². The van der Waals surface area contributed by atoms with E-state index in [2.05, 4.69) is 97.3 Å². The normalized spacial score (nSPS) is 12.4. The van der Waals surface area contributed by atoms with Crippen molar-refractivity contribution in [1.82, 2.24) is 0 Å². The maximum absolute atomic E-state index is 10.8. The average Bonchev–Trinajstić information content (AvgIpc) is 2.85. The molecule has 0 aliphatic carbocycles. The molecule has 0 bridgehead atoms. The molecule has 0 saturated heterocycles. The third-order valence-electron chi connectivity index (χ3n) is 5.80. The van der Waals surface area contributed by atoms with Crippen molar-refractivity contribution < 1.29 is 9.90 Å². The topological polar surface area (TPSA) is 37.3 Å². The molecule has 3 aromatic carbocycles. The zero-order chi connectivity index (χ0) is 22.7. The van der Waals surface area contributed by atoms with E-state index in [9.17, 15) is 4.79 Å². The Hall–Kier alpha value is -2.17. The molecular formula is C28H32O2S2. The molecule has 0 fully saturated rings. The van der Waals surface area contributed by atoms with Crippen molar-refractivity contribution in [1.29, 1.82) is 0 Å². The van der Waals surface area contributed by atoms with Crippen LogP contribution in [-0.4, -0.2) is 28.3 Å². The standard InChI is InChI=1S/C28H32O2S2/c1-31-26(19-11-12-20-27(29)30)21-22-32-28(23-13-5-2-6-14-23,24-15-7-3-8-16-24)25-17-9-4-10-18-25/h2-10,13-18,26H,11-12,19-22H2,1H3,(H,29,30). The van der Waals surface area contributed by atoms with Gasteiger partial charge in [0, 0.05) is 11.7 Å². The molecule has 0 saturated carbocycles. The highest BCUT2D eigenvalue weighted by molar-refractivity contribution is 8.01. The van der Waals surface area contributed by atoms with Crippen molar-refractivity contribution in [2.45, 2.75) is 42.1 Å². The number of benzene rings is 3. The molecule has 4 heteroatoms. The van der Waals surface area contributed by atoms with E-state index in [1.165, 1.54) is 16.7 Å². The Morgan fingerprint density at radius 3 is 1.66 bits per heavy atom. The summed E-state index contributed by atoms with van der Waals surface area (Å²) in [6.45, 7) is 0. The highest BCUT2D eigenvalue weighted by Crippen LogP contribution is 2.48. The number of thioether (sulfide) groups is 2. The van der Waals surface area contributed by atoms with Crippen LogP contribution in [0, 0.1) is 0 Å². The molecule has 3 aromatic rings. The van der Waals surface area contributed by atoms with E-state index >= 15 is 0 Å². The number of carboxylic acid groups (broad SMARTS) is 1. The molecule has 2 nitrogen and oxygen atoms in total. The lowest BCUT2D eigenvalue weighted by molar-refractivity contribution is -0.137. The van der Waals surface area contributed by atoms with Crippen LogP contribution >= 0.6 is 23.5 Å². The fraction of sp³-hybridized carbons (Fsp3) is 0.321. The highest BCUT2D eigenvalue weighted by Gasteiger charge is 2.36. The summed E-state index contributed by atoms with van der Waals surface area (Å²) in [5.74, 6) is 0.336. The third-order valence-corrected chi connectivity index (χ3v) is 8.52. The molecule has 0 amide bonds. The number of carboxylic acids is 1. The van der Waals surface area contributed by atoms with Gasteiger partial charge >= 0.3 is 5.97 Å². The van der Waals surface area contributed by atoms with Crippen molar-refractivity contribution in [2.75, 3.05) is 12.0 Å². The molecule has 168 valence electrons. The molecule has 32 heavy (non-hydrogen) atoms. The van der Waals surface area contributed by atoms with Crippen LogP contribution in [0.4, 0.5) is 0 Å². The van der Waals surface area contributed by atoms with Crippen LogP contribution in [-0.2, 0) is 9.54 Å². The lowest BCUT2D eigenvalue weighted by Crippen LogP contribution is -2.26.